The van der Waals surface area contributed by atoms with E-state index in [1.807, 2.05) is 0 Å². The van der Waals surface area contributed by atoms with Gasteiger partial charge in [-0.2, -0.15) is 0 Å². The zero-order valence-corrected chi connectivity index (χ0v) is 26.2. The molecule has 2 aromatic carbocycles. The number of carbonyl (C=O) groups is 8. The lowest BCUT2D eigenvalue weighted by Gasteiger charge is -2.19. The Bertz CT molecular complexity index is 1460. The number of amides is 8. The molecule has 18 nitrogen and oxygen atoms in total. The lowest BCUT2D eigenvalue weighted by Crippen LogP contribution is -2.50. The molecule has 0 aromatic heterocycles. The van der Waals surface area contributed by atoms with Crippen molar-refractivity contribution in [2.24, 2.45) is 11.5 Å². The topological polar surface area (TPSA) is 301 Å². The number of hydrogen-bond donors (Lipinski definition) is 10. The van der Waals surface area contributed by atoms with Crippen LogP contribution in [0.15, 0.2) is 36.4 Å². The zero-order chi connectivity index (χ0) is 36.0. The maximum Gasteiger partial charge on any atom is 0.243 e. The number of phenols is 2. The van der Waals surface area contributed by atoms with Crippen molar-refractivity contribution in [2.75, 3.05) is 26.2 Å². The van der Waals surface area contributed by atoms with Crippen molar-refractivity contribution >= 4 is 47.3 Å². The van der Waals surface area contributed by atoms with Crippen molar-refractivity contribution in [3.8, 4) is 22.6 Å². The Kier molecular flexibility index (Phi) is 14.3. The van der Waals surface area contributed by atoms with Gasteiger partial charge in [-0.05, 0) is 35.4 Å². The lowest BCUT2D eigenvalue weighted by atomic mass is 9.94. The van der Waals surface area contributed by atoms with Gasteiger partial charge in [-0.25, -0.2) is 0 Å². The summed E-state index contributed by atoms with van der Waals surface area (Å²) in [5, 5.41) is 35.5. The Morgan fingerprint density at radius 2 is 0.938 bits per heavy atom. The second-order valence-electron chi connectivity index (χ2n) is 10.5. The minimum Gasteiger partial charge on any atom is -0.507 e. The highest BCUT2D eigenvalue weighted by molar-refractivity contribution is 5.92. The summed E-state index contributed by atoms with van der Waals surface area (Å²) < 4.78 is 0. The van der Waals surface area contributed by atoms with E-state index in [9.17, 15) is 48.6 Å². The summed E-state index contributed by atoms with van der Waals surface area (Å²) in [5.74, 6) is -5.94. The SMILES string of the molecule is CC(=O)N[C@@H](Cc1ccc(O)c(-c2cc(C[C@H](NC(C)=O)C(=O)NCC(=O)NCC(N)=O)ccc2O)c1)C(=O)NCC(=O)NCC(N)=O. The number of nitrogens with two attached hydrogens (primary N) is 2. The van der Waals surface area contributed by atoms with Crippen molar-refractivity contribution < 1.29 is 48.6 Å². The number of hydrogen-bond acceptors (Lipinski definition) is 10. The highest BCUT2D eigenvalue weighted by Gasteiger charge is 2.24. The van der Waals surface area contributed by atoms with Crippen molar-refractivity contribution in [2.45, 2.75) is 38.8 Å². The fraction of sp³-hybridized carbons (Fsp3) is 0.333. The highest BCUT2D eigenvalue weighted by atomic mass is 16.3. The molecule has 0 aliphatic heterocycles. The molecule has 258 valence electrons. The van der Waals surface area contributed by atoms with Crippen LogP contribution in [0.3, 0.4) is 0 Å². The smallest absolute Gasteiger partial charge is 0.243 e. The van der Waals surface area contributed by atoms with Gasteiger partial charge >= 0.3 is 0 Å². The molecule has 2 atom stereocenters. The molecule has 0 saturated carbocycles. The predicted octanol–water partition coefficient (Wildman–Crippen LogP) is -3.71. The number of aromatic hydroxyl groups is 2. The molecule has 12 N–H and O–H groups in total. The number of rotatable bonds is 17. The van der Waals surface area contributed by atoms with Crippen LogP contribution in [-0.4, -0.2) is 95.7 Å². The molecule has 0 unspecified atom stereocenters. The van der Waals surface area contributed by atoms with E-state index in [2.05, 4.69) is 31.9 Å². The quantitative estimate of drug-likeness (QED) is 0.0785. The van der Waals surface area contributed by atoms with Crippen molar-refractivity contribution in [3.63, 3.8) is 0 Å². The van der Waals surface area contributed by atoms with E-state index in [1.54, 1.807) is 0 Å². The molecule has 0 radical (unpaired) electrons. The van der Waals surface area contributed by atoms with Gasteiger partial charge in [-0.1, -0.05) is 12.1 Å². The average molecular weight is 671 g/mol. The van der Waals surface area contributed by atoms with Crippen molar-refractivity contribution in [1.82, 2.24) is 31.9 Å². The van der Waals surface area contributed by atoms with Crippen LogP contribution in [0.4, 0.5) is 0 Å². The van der Waals surface area contributed by atoms with Crippen LogP contribution in [0.5, 0.6) is 11.5 Å². The predicted molar refractivity (Wildman–Crippen MR) is 168 cm³/mol. The van der Waals surface area contributed by atoms with Gasteiger partial charge in [0.2, 0.25) is 47.3 Å². The summed E-state index contributed by atoms with van der Waals surface area (Å²) in [5.41, 5.74) is 11.1. The van der Waals surface area contributed by atoms with Gasteiger partial charge in [0.15, 0.2) is 0 Å². The minimum absolute atomic E-state index is 0.0974. The van der Waals surface area contributed by atoms with E-state index in [0.717, 1.165) is 0 Å². The van der Waals surface area contributed by atoms with Gasteiger partial charge in [0.25, 0.3) is 0 Å². The summed E-state index contributed by atoms with van der Waals surface area (Å²) >= 11 is 0. The minimum atomic E-state index is -1.15. The Morgan fingerprint density at radius 1 is 0.583 bits per heavy atom. The normalized spacial score (nSPS) is 11.6. The Labute approximate surface area is 274 Å². The van der Waals surface area contributed by atoms with Gasteiger partial charge in [-0.15, -0.1) is 0 Å². The third-order valence-corrected chi connectivity index (χ3v) is 6.45. The maximum absolute atomic E-state index is 12.8. The lowest BCUT2D eigenvalue weighted by molar-refractivity contribution is -0.130. The van der Waals surface area contributed by atoms with E-state index in [4.69, 9.17) is 11.5 Å². The molecular formula is C30H38N8O10. The Balaban J connectivity index is 2.27. The summed E-state index contributed by atoms with van der Waals surface area (Å²) in [4.78, 5) is 94.8. The molecule has 2 rings (SSSR count). The molecule has 0 heterocycles. The van der Waals surface area contributed by atoms with Crippen LogP contribution in [0, 0.1) is 0 Å². The summed E-state index contributed by atoms with van der Waals surface area (Å²) in [7, 11) is 0. The van der Waals surface area contributed by atoms with Crippen LogP contribution in [-0.2, 0) is 51.2 Å². The van der Waals surface area contributed by atoms with E-state index >= 15 is 0 Å². The monoisotopic (exact) mass is 670 g/mol. The van der Waals surface area contributed by atoms with E-state index in [-0.39, 0.29) is 35.5 Å². The summed E-state index contributed by atoms with van der Waals surface area (Å²) in [6.07, 6.45) is -0.195. The molecule has 0 saturated heterocycles. The fourth-order valence-corrected chi connectivity index (χ4v) is 4.31. The van der Waals surface area contributed by atoms with Crippen LogP contribution < -0.4 is 43.4 Å². The first-order valence-electron chi connectivity index (χ1n) is 14.4. The van der Waals surface area contributed by atoms with Crippen LogP contribution >= 0.6 is 0 Å². The largest absolute Gasteiger partial charge is 0.507 e. The second kappa shape index (κ2) is 18.1. The first-order chi connectivity index (χ1) is 22.5. The van der Waals surface area contributed by atoms with Gasteiger partial charge in [0, 0.05) is 37.8 Å². The molecular weight excluding hydrogens is 632 g/mol. The number of phenolic OH excluding ortho intramolecular Hbond substituents is 2. The first-order valence-corrected chi connectivity index (χ1v) is 14.4. The number of carbonyl (C=O) groups excluding carboxylic acids is 8. The van der Waals surface area contributed by atoms with Gasteiger partial charge < -0.3 is 53.6 Å². The molecule has 0 aliphatic carbocycles. The molecule has 0 spiro atoms. The van der Waals surface area contributed by atoms with Gasteiger partial charge in [-0.3, -0.25) is 38.4 Å². The third-order valence-electron chi connectivity index (χ3n) is 6.45. The number of benzene rings is 2. The van der Waals surface area contributed by atoms with Crippen LogP contribution in [0.25, 0.3) is 11.1 Å². The van der Waals surface area contributed by atoms with Crippen LogP contribution in [0.2, 0.25) is 0 Å². The third kappa shape index (κ3) is 13.0. The van der Waals surface area contributed by atoms with E-state index in [0.29, 0.717) is 11.1 Å². The molecule has 0 fully saturated rings. The first kappa shape index (κ1) is 38.0. The van der Waals surface area contributed by atoms with Gasteiger partial charge in [0.05, 0.1) is 26.2 Å². The summed E-state index contributed by atoms with van der Waals surface area (Å²) in [6.45, 7) is 0.548. The second-order valence-corrected chi connectivity index (χ2v) is 10.5. The highest BCUT2D eigenvalue weighted by Crippen LogP contribution is 2.37. The Hall–Kier alpha value is -6.20. The van der Waals surface area contributed by atoms with E-state index < -0.39 is 85.5 Å². The Morgan fingerprint density at radius 3 is 1.25 bits per heavy atom. The maximum atomic E-state index is 12.8. The standard InChI is InChI=1S/C30H38N8O10/c1-15(39)37-21(29(47)35-13-27(45)33-11-25(31)43)9-17-3-5-23(41)19(7-17)20-8-18(4-6-24(20)42)10-22(38-16(2)40)30(48)36-14-28(46)34-12-26(32)44/h3-8,21-22,41-42H,9-14H2,1-2H3,(H2,31,43)(H2,32,44)(H,33,45)(H,34,46)(H,35,47)(H,36,48)(H,37,39)(H,38,40)/t21-,22-/m0/s1. The fourth-order valence-electron chi connectivity index (χ4n) is 4.31. The van der Waals surface area contributed by atoms with Crippen LogP contribution in [0.1, 0.15) is 25.0 Å². The summed E-state index contributed by atoms with van der Waals surface area (Å²) in [6, 6.07) is 6.23. The number of primary amides is 2. The molecule has 8 amide bonds. The molecule has 0 bridgehead atoms. The molecule has 48 heavy (non-hydrogen) atoms. The average Bonchev–Trinajstić information content (AvgIpc) is 3.01. The van der Waals surface area contributed by atoms with Gasteiger partial charge in [0.1, 0.15) is 23.6 Å². The molecule has 2 aromatic rings. The van der Waals surface area contributed by atoms with E-state index in [1.165, 1.54) is 50.2 Å². The molecule has 18 heteroatoms. The number of nitrogens with one attached hydrogen (secondary N) is 6. The van der Waals surface area contributed by atoms with Crippen molar-refractivity contribution in [1.29, 1.82) is 0 Å². The van der Waals surface area contributed by atoms with Crippen molar-refractivity contribution in [3.05, 3.63) is 47.5 Å². The molecule has 0 aliphatic rings. The zero-order valence-electron chi connectivity index (χ0n) is 26.2.